The number of rotatable bonds is 1. The molecule has 1 fully saturated rings. The zero-order valence-corrected chi connectivity index (χ0v) is 7.56. The van der Waals surface area contributed by atoms with Gasteiger partial charge in [-0.15, -0.1) is 0 Å². The van der Waals surface area contributed by atoms with Crippen molar-refractivity contribution in [2.45, 2.75) is 19.1 Å². The Morgan fingerprint density at radius 2 is 2.54 bits per heavy atom. The standard InChI is InChI=1S/C8H13N3O2/c1-6(10)8(12)11-2-3-13-7(4-9)5-11/h6-7H,2-3,5,10H2,1H3. The molecular formula is C8H13N3O2. The van der Waals surface area contributed by atoms with E-state index >= 15 is 0 Å². The van der Waals surface area contributed by atoms with Gasteiger partial charge in [-0.05, 0) is 6.92 Å². The molecule has 13 heavy (non-hydrogen) atoms. The van der Waals surface area contributed by atoms with E-state index in [1.165, 1.54) is 0 Å². The summed E-state index contributed by atoms with van der Waals surface area (Å²) in [6, 6.07) is 1.47. The molecule has 1 rings (SSSR count). The van der Waals surface area contributed by atoms with Crippen molar-refractivity contribution in [1.29, 1.82) is 5.26 Å². The van der Waals surface area contributed by atoms with E-state index in [1.807, 2.05) is 6.07 Å². The van der Waals surface area contributed by atoms with Gasteiger partial charge in [0.25, 0.3) is 0 Å². The van der Waals surface area contributed by atoms with Gasteiger partial charge in [-0.25, -0.2) is 0 Å². The van der Waals surface area contributed by atoms with Crippen molar-refractivity contribution in [3.05, 3.63) is 0 Å². The van der Waals surface area contributed by atoms with E-state index in [0.29, 0.717) is 19.7 Å². The van der Waals surface area contributed by atoms with Gasteiger partial charge < -0.3 is 15.4 Å². The summed E-state index contributed by atoms with van der Waals surface area (Å²) >= 11 is 0. The lowest BCUT2D eigenvalue weighted by molar-refractivity contribution is -0.137. The molecular weight excluding hydrogens is 170 g/mol. The van der Waals surface area contributed by atoms with Crippen LogP contribution in [0.4, 0.5) is 0 Å². The second-order valence-electron chi connectivity index (χ2n) is 3.06. The molecule has 1 saturated heterocycles. The Labute approximate surface area is 77.1 Å². The van der Waals surface area contributed by atoms with Crippen LogP contribution in [0.25, 0.3) is 0 Å². The lowest BCUT2D eigenvalue weighted by atomic mass is 10.2. The van der Waals surface area contributed by atoms with Gasteiger partial charge in [0, 0.05) is 6.54 Å². The smallest absolute Gasteiger partial charge is 0.239 e. The van der Waals surface area contributed by atoms with Crippen LogP contribution in [-0.4, -0.2) is 42.6 Å². The maximum Gasteiger partial charge on any atom is 0.239 e. The number of morpholine rings is 1. The molecule has 0 bridgehead atoms. The molecule has 2 atom stereocenters. The first kappa shape index (κ1) is 9.96. The molecule has 1 heterocycles. The summed E-state index contributed by atoms with van der Waals surface area (Å²) in [6.07, 6.45) is -0.503. The minimum Gasteiger partial charge on any atom is -0.360 e. The van der Waals surface area contributed by atoms with Gasteiger partial charge in [-0.3, -0.25) is 4.79 Å². The molecule has 0 radical (unpaired) electrons. The Kier molecular flexibility index (Phi) is 3.23. The van der Waals surface area contributed by atoms with Crippen molar-refractivity contribution >= 4 is 5.91 Å². The molecule has 0 aromatic carbocycles. The predicted molar refractivity (Wildman–Crippen MR) is 45.6 cm³/mol. The van der Waals surface area contributed by atoms with Crippen LogP contribution in [0.1, 0.15) is 6.92 Å². The Hall–Kier alpha value is -1.12. The number of hydrogen-bond acceptors (Lipinski definition) is 4. The second-order valence-corrected chi connectivity index (χ2v) is 3.06. The zero-order valence-electron chi connectivity index (χ0n) is 7.56. The zero-order chi connectivity index (χ0) is 9.84. The van der Waals surface area contributed by atoms with Gasteiger partial charge in [0.2, 0.25) is 5.91 Å². The van der Waals surface area contributed by atoms with E-state index < -0.39 is 12.1 Å². The van der Waals surface area contributed by atoms with Crippen LogP contribution >= 0.6 is 0 Å². The topological polar surface area (TPSA) is 79.3 Å². The van der Waals surface area contributed by atoms with Gasteiger partial charge in [-0.1, -0.05) is 0 Å². The molecule has 1 aliphatic rings. The fourth-order valence-corrected chi connectivity index (χ4v) is 1.22. The highest BCUT2D eigenvalue weighted by molar-refractivity contribution is 5.81. The maximum absolute atomic E-state index is 11.4. The molecule has 1 aliphatic heterocycles. The van der Waals surface area contributed by atoms with Crippen LogP contribution in [0, 0.1) is 11.3 Å². The Morgan fingerprint density at radius 1 is 1.85 bits per heavy atom. The lowest BCUT2D eigenvalue weighted by Gasteiger charge is -2.30. The van der Waals surface area contributed by atoms with Gasteiger partial charge in [0.15, 0.2) is 6.10 Å². The van der Waals surface area contributed by atoms with Crippen molar-refractivity contribution in [2.75, 3.05) is 19.7 Å². The third-order valence-electron chi connectivity index (χ3n) is 1.91. The lowest BCUT2D eigenvalue weighted by Crippen LogP contribution is -2.50. The number of nitrogens with zero attached hydrogens (tertiary/aromatic N) is 2. The molecule has 5 nitrogen and oxygen atoms in total. The van der Waals surface area contributed by atoms with Crippen molar-refractivity contribution in [1.82, 2.24) is 4.90 Å². The largest absolute Gasteiger partial charge is 0.360 e. The molecule has 0 aromatic heterocycles. The van der Waals surface area contributed by atoms with E-state index in [9.17, 15) is 4.79 Å². The highest BCUT2D eigenvalue weighted by atomic mass is 16.5. The fraction of sp³-hybridized carbons (Fsp3) is 0.750. The molecule has 0 aliphatic carbocycles. The quantitative estimate of drug-likeness (QED) is 0.570. The summed E-state index contributed by atoms with van der Waals surface area (Å²) in [5.41, 5.74) is 5.44. The van der Waals surface area contributed by atoms with Crippen molar-refractivity contribution in [3.63, 3.8) is 0 Å². The molecule has 72 valence electrons. The third kappa shape index (κ3) is 2.41. The summed E-state index contributed by atoms with van der Waals surface area (Å²) < 4.78 is 5.09. The minimum absolute atomic E-state index is 0.122. The Bertz CT molecular complexity index is 234. The predicted octanol–water partition coefficient (Wildman–Crippen LogP) is -0.915. The fourth-order valence-electron chi connectivity index (χ4n) is 1.22. The number of hydrogen-bond donors (Lipinski definition) is 1. The Morgan fingerprint density at radius 3 is 3.08 bits per heavy atom. The van der Waals surface area contributed by atoms with E-state index in [2.05, 4.69) is 0 Å². The number of nitriles is 1. The maximum atomic E-state index is 11.4. The van der Waals surface area contributed by atoms with E-state index in [0.717, 1.165) is 0 Å². The minimum atomic E-state index is -0.503. The van der Waals surface area contributed by atoms with Crippen LogP contribution in [0.3, 0.4) is 0 Å². The first-order valence-corrected chi connectivity index (χ1v) is 4.20. The molecule has 2 unspecified atom stereocenters. The first-order chi connectivity index (χ1) is 6.15. The second kappa shape index (κ2) is 4.21. The molecule has 0 aromatic rings. The number of carbonyl (C=O) groups is 1. The van der Waals surface area contributed by atoms with Crippen LogP contribution in [0.15, 0.2) is 0 Å². The normalized spacial score (nSPS) is 25.0. The molecule has 1 amide bonds. The van der Waals surface area contributed by atoms with Gasteiger partial charge in [0.05, 0.1) is 25.3 Å². The summed E-state index contributed by atoms with van der Waals surface area (Å²) in [4.78, 5) is 13.0. The highest BCUT2D eigenvalue weighted by Crippen LogP contribution is 2.05. The third-order valence-corrected chi connectivity index (χ3v) is 1.91. The molecule has 0 spiro atoms. The highest BCUT2D eigenvalue weighted by Gasteiger charge is 2.25. The van der Waals surface area contributed by atoms with Crippen LogP contribution < -0.4 is 5.73 Å². The molecule has 2 N–H and O–H groups in total. The average Bonchev–Trinajstić information content (AvgIpc) is 2.16. The van der Waals surface area contributed by atoms with Gasteiger partial charge in [-0.2, -0.15) is 5.26 Å². The number of nitrogens with two attached hydrogens (primary N) is 1. The van der Waals surface area contributed by atoms with Crippen LogP contribution in [0.5, 0.6) is 0 Å². The number of amides is 1. The SMILES string of the molecule is CC(N)C(=O)N1CCOC(C#N)C1. The summed E-state index contributed by atoms with van der Waals surface area (Å²) in [7, 11) is 0. The monoisotopic (exact) mass is 183 g/mol. The van der Waals surface area contributed by atoms with Crippen molar-refractivity contribution in [3.8, 4) is 6.07 Å². The summed E-state index contributed by atoms with van der Waals surface area (Å²) in [5.74, 6) is -0.122. The molecule has 0 saturated carbocycles. The van der Waals surface area contributed by atoms with Gasteiger partial charge >= 0.3 is 0 Å². The Balaban J connectivity index is 2.52. The van der Waals surface area contributed by atoms with Gasteiger partial charge in [0.1, 0.15) is 0 Å². The molecule has 5 heteroatoms. The summed E-state index contributed by atoms with van der Waals surface area (Å²) in [6.45, 7) is 2.91. The first-order valence-electron chi connectivity index (χ1n) is 4.20. The van der Waals surface area contributed by atoms with Crippen LogP contribution in [0.2, 0.25) is 0 Å². The van der Waals surface area contributed by atoms with E-state index in [4.69, 9.17) is 15.7 Å². The van der Waals surface area contributed by atoms with E-state index in [1.54, 1.807) is 11.8 Å². The van der Waals surface area contributed by atoms with Crippen LogP contribution in [-0.2, 0) is 9.53 Å². The number of ether oxygens (including phenoxy) is 1. The average molecular weight is 183 g/mol. The van der Waals surface area contributed by atoms with Crippen molar-refractivity contribution in [2.24, 2.45) is 5.73 Å². The number of carbonyl (C=O) groups excluding carboxylic acids is 1. The van der Waals surface area contributed by atoms with Crippen molar-refractivity contribution < 1.29 is 9.53 Å². The summed E-state index contributed by atoms with van der Waals surface area (Å²) in [5, 5.41) is 8.58. The van der Waals surface area contributed by atoms with E-state index in [-0.39, 0.29) is 5.91 Å².